The molecule has 0 bridgehead atoms. The summed E-state index contributed by atoms with van der Waals surface area (Å²) in [7, 11) is -2.47. The van der Waals surface area contributed by atoms with Gasteiger partial charge in [-0.1, -0.05) is 17.7 Å². The zero-order valence-electron chi connectivity index (χ0n) is 15.3. The quantitative estimate of drug-likeness (QED) is 0.765. The van der Waals surface area contributed by atoms with Crippen molar-refractivity contribution in [2.45, 2.75) is 25.4 Å². The van der Waals surface area contributed by atoms with Crippen molar-refractivity contribution in [2.24, 2.45) is 0 Å². The highest BCUT2D eigenvalue weighted by atomic mass is 35.5. The predicted octanol–water partition coefficient (Wildman–Crippen LogP) is 2.64. The lowest BCUT2D eigenvalue weighted by Gasteiger charge is -2.33. The number of piperidine rings is 1. The van der Waals surface area contributed by atoms with Gasteiger partial charge in [-0.2, -0.15) is 17.4 Å². The van der Waals surface area contributed by atoms with Crippen LogP contribution in [0.5, 0.6) is 0 Å². The highest BCUT2D eigenvalue weighted by molar-refractivity contribution is 7.87. The zero-order valence-corrected chi connectivity index (χ0v) is 16.8. The second kappa shape index (κ2) is 8.60. The molecule has 28 heavy (non-hydrogen) atoms. The molecule has 1 aromatic carbocycles. The number of likely N-dealkylation sites (tertiary alicyclic amines) is 1. The molecule has 1 aliphatic heterocycles. The molecule has 10 heteroatoms. The number of halogens is 2. The number of hydrogen-bond acceptors (Lipinski definition) is 4. The van der Waals surface area contributed by atoms with E-state index < -0.39 is 16.0 Å². The van der Waals surface area contributed by atoms with Crippen molar-refractivity contribution < 1.29 is 22.0 Å². The van der Waals surface area contributed by atoms with E-state index in [-0.39, 0.29) is 29.1 Å². The van der Waals surface area contributed by atoms with Crippen LogP contribution in [0.25, 0.3) is 0 Å². The second-order valence-electron chi connectivity index (χ2n) is 6.66. The molecule has 0 aliphatic carbocycles. The van der Waals surface area contributed by atoms with Crippen LogP contribution in [0.2, 0.25) is 5.02 Å². The molecule has 1 amide bonds. The monoisotopic (exact) mass is 429 g/mol. The maximum Gasteiger partial charge on any atom is 0.279 e. The Hall–Kier alpha value is -1.94. The van der Waals surface area contributed by atoms with Gasteiger partial charge < -0.3 is 9.32 Å². The van der Waals surface area contributed by atoms with Gasteiger partial charge in [0.2, 0.25) is 0 Å². The van der Waals surface area contributed by atoms with Crippen molar-refractivity contribution in [3.8, 4) is 0 Å². The molecule has 0 saturated carbocycles. The first-order valence-corrected chi connectivity index (χ1v) is 10.6. The normalized spacial score (nSPS) is 15.9. The van der Waals surface area contributed by atoms with E-state index in [1.54, 1.807) is 11.0 Å². The summed E-state index contributed by atoms with van der Waals surface area (Å²) in [6.07, 6.45) is 3.79. The Morgan fingerprint density at radius 3 is 2.68 bits per heavy atom. The minimum Gasteiger partial charge on any atom is -0.472 e. The fourth-order valence-corrected chi connectivity index (χ4v) is 4.42. The van der Waals surface area contributed by atoms with Crippen LogP contribution in [0, 0.1) is 5.82 Å². The molecule has 0 atom stereocenters. The van der Waals surface area contributed by atoms with Gasteiger partial charge >= 0.3 is 0 Å². The number of carbonyl (C=O) groups excluding carboxylic acids is 1. The van der Waals surface area contributed by atoms with E-state index in [1.807, 2.05) is 0 Å². The number of furan rings is 1. The van der Waals surface area contributed by atoms with E-state index in [4.69, 9.17) is 16.0 Å². The van der Waals surface area contributed by atoms with Crippen LogP contribution >= 0.6 is 11.6 Å². The number of carbonyl (C=O) groups is 1. The summed E-state index contributed by atoms with van der Waals surface area (Å²) in [5.74, 6) is -0.693. The number of nitrogens with zero attached hydrogens (tertiary/aromatic N) is 2. The summed E-state index contributed by atoms with van der Waals surface area (Å²) in [6.45, 7) is 0.679. The largest absolute Gasteiger partial charge is 0.472 e. The number of rotatable bonds is 6. The average molecular weight is 430 g/mol. The summed E-state index contributed by atoms with van der Waals surface area (Å²) in [5.41, 5.74) is 0.595. The van der Waals surface area contributed by atoms with Crippen LogP contribution < -0.4 is 4.72 Å². The Balaban J connectivity index is 1.57. The van der Waals surface area contributed by atoms with Gasteiger partial charge in [0.25, 0.3) is 16.1 Å². The third-order valence-electron chi connectivity index (χ3n) is 4.72. The van der Waals surface area contributed by atoms with Crippen LogP contribution in [-0.2, 0) is 16.8 Å². The molecule has 1 aliphatic rings. The van der Waals surface area contributed by atoms with E-state index in [9.17, 15) is 17.6 Å². The molecule has 1 saturated heterocycles. The fourth-order valence-electron chi connectivity index (χ4n) is 3.06. The van der Waals surface area contributed by atoms with Gasteiger partial charge in [-0.25, -0.2) is 4.39 Å². The minimum atomic E-state index is -3.83. The van der Waals surface area contributed by atoms with Crippen LogP contribution in [0.15, 0.2) is 41.2 Å². The van der Waals surface area contributed by atoms with Gasteiger partial charge in [0.05, 0.1) is 11.8 Å². The van der Waals surface area contributed by atoms with Gasteiger partial charge in [-0.3, -0.25) is 4.79 Å². The molecule has 7 nitrogen and oxygen atoms in total. The van der Waals surface area contributed by atoms with Gasteiger partial charge in [0.15, 0.2) is 0 Å². The van der Waals surface area contributed by atoms with Crippen molar-refractivity contribution in [3.63, 3.8) is 0 Å². The molecular formula is C18H21ClFN3O4S. The van der Waals surface area contributed by atoms with Crippen molar-refractivity contribution in [1.29, 1.82) is 0 Å². The molecule has 0 radical (unpaired) electrons. The fraction of sp³-hybridized carbons (Fsp3) is 0.389. The Bertz CT molecular complexity index is 908. The maximum atomic E-state index is 13.9. The van der Waals surface area contributed by atoms with E-state index >= 15 is 0 Å². The summed E-state index contributed by atoms with van der Waals surface area (Å²) in [5, 5.41) is 0.174. The van der Waals surface area contributed by atoms with Crippen molar-refractivity contribution in [1.82, 2.24) is 13.9 Å². The third-order valence-corrected chi connectivity index (χ3v) is 6.65. The standard InChI is InChI=1S/C18H21ClFN3O4S/c1-22(11-15-16(19)3-2-4-17(15)20)28(25,26)21-14-5-8-23(9-6-14)18(24)13-7-10-27-12-13/h2-4,7,10,12,14,21H,5-6,8-9,11H2,1H3. The second-order valence-corrected chi connectivity index (χ2v) is 8.87. The molecule has 1 fully saturated rings. The Morgan fingerprint density at radius 2 is 2.07 bits per heavy atom. The Labute approximate surface area is 168 Å². The summed E-state index contributed by atoms with van der Waals surface area (Å²) < 4.78 is 47.7. The first-order chi connectivity index (χ1) is 13.3. The molecule has 2 heterocycles. The predicted molar refractivity (Wildman–Crippen MR) is 103 cm³/mol. The zero-order chi connectivity index (χ0) is 20.3. The smallest absolute Gasteiger partial charge is 0.279 e. The van der Waals surface area contributed by atoms with Crippen LogP contribution in [0.1, 0.15) is 28.8 Å². The number of benzene rings is 1. The number of hydrogen-bond donors (Lipinski definition) is 1. The molecule has 1 N–H and O–H groups in total. The SMILES string of the molecule is CN(Cc1c(F)cccc1Cl)S(=O)(=O)NC1CCN(C(=O)c2ccoc2)CC1. The van der Waals surface area contributed by atoms with E-state index in [0.29, 0.717) is 31.5 Å². The topological polar surface area (TPSA) is 82.9 Å². The van der Waals surface area contributed by atoms with Crippen LogP contribution in [0.3, 0.4) is 0 Å². The molecule has 3 rings (SSSR count). The Kier molecular flexibility index (Phi) is 6.39. The van der Waals surface area contributed by atoms with Gasteiger partial charge in [0, 0.05) is 43.3 Å². The maximum absolute atomic E-state index is 13.9. The average Bonchev–Trinajstić information content (AvgIpc) is 3.19. The molecule has 0 unspecified atom stereocenters. The summed E-state index contributed by atoms with van der Waals surface area (Å²) in [6, 6.07) is 5.51. The molecule has 152 valence electrons. The molecule has 0 spiro atoms. The highest BCUT2D eigenvalue weighted by Crippen LogP contribution is 2.22. The first kappa shape index (κ1) is 20.8. The van der Waals surface area contributed by atoms with Crippen molar-refractivity contribution >= 4 is 27.7 Å². The molecule has 1 aromatic heterocycles. The third kappa shape index (κ3) is 4.72. The minimum absolute atomic E-state index is 0.123. The highest BCUT2D eigenvalue weighted by Gasteiger charge is 2.29. The van der Waals surface area contributed by atoms with Gasteiger partial charge in [0.1, 0.15) is 12.1 Å². The van der Waals surface area contributed by atoms with Crippen LogP contribution in [0.4, 0.5) is 4.39 Å². The van der Waals surface area contributed by atoms with Gasteiger partial charge in [-0.15, -0.1) is 0 Å². The number of nitrogens with one attached hydrogen (secondary N) is 1. The lowest BCUT2D eigenvalue weighted by Crippen LogP contribution is -2.49. The number of amides is 1. The summed E-state index contributed by atoms with van der Waals surface area (Å²) >= 11 is 5.98. The molecule has 2 aromatic rings. The van der Waals surface area contributed by atoms with Crippen molar-refractivity contribution in [2.75, 3.05) is 20.1 Å². The van der Waals surface area contributed by atoms with E-state index in [0.717, 1.165) is 4.31 Å². The van der Waals surface area contributed by atoms with E-state index in [1.165, 1.54) is 37.8 Å². The first-order valence-electron chi connectivity index (χ1n) is 8.76. The molecular weight excluding hydrogens is 409 g/mol. The van der Waals surface area contributed by atoms with Crippen LogP contribution in [-0.4, -0.2) is 49.7 Å². The van der Waals surface area contributed by atoms with E-state index in [2.05, 4.69) is 4.72 Å². The summed E-state index contributed by atoms with van der Waals surface area (Å²) in [4.78, 5) is 14.0. The van der Waals surface area contributed by atoms with Crippen molar-refractivity contribution in [3.05, 3.63) is 58.8 Å². The lowest BCUT2D eigenvalue weighted by atomic mass is 10.1. The lowest BCUT2D eigenvalue weighted by molar-refractivity contribution is 0.0710. The van der Waals surface area contributed by atoms with Gasteiger partial charge in [-0.05, 0) is 31.0 Å². The Morgan fingerprint density at radius 1 is 1.36 bits per heavy atom.